The normalized spacial score (nSPS) is 28.4. The van der Waals surface area contributed by atoms with E-state index in [0.29, 0.717) is 24.3 Å². The fraction of sp³-hybridized carbons (Fsp3) is 0.600. The van der Waals surface area contributed by atoms with E-state index in [1.165, 1.54) is 12.5 Å². The van der Waals surface area contributed by atoms with Crippen molar-refractivity contribution in [1.82, 2.24) is 4.90 Å². The van der Waals surface area contributed by atoms with E-state index in [0.717, 1.165) is 32.1 Å². The quantitative estimate of drug-likeness (QED) is 0.924. The van der Waals surface area contributed by atoms with Gasteiger partial charge in [-0.2, -0.15) is 0 Å². The minimum absolute atomic E-state index is 0.301. The zero-order valence-corrected chi connectivity index (χ0v) is 11.4. The summed E-state index contributed by atoms with van der Waals surface area (Å²) in [7, 11) is 0. The third kappa shape index (κ3) is 2.71. The van der Waals surface area contributed by atoms with Gasteiger partial charge in [0, 0.05) is 25.2 Å². The Morgan fingerprint density at radius 1 is 1.30 bits per heavy atom. The number of benzene rings is 1. The number of halogens is 2. The van der Waals surface area contributed by atoms with E-state index in [1.807, 2.05) is 0 Å². The summed E-state index contributed by atoms with van der Waals surface area (Å²) >= 11 is 0. The van der Waals surface area contributed by atoms with Crippen molar-refractivity contribution in [3.05, 3.63) is 35.4 Å². The first-order chi connectivity index (χ1) is 9.65. The highest BCUT2D eigenvalue weighted by Gasteiger charge is 2.36. The number of fused-ring (bicyclic) bond motifs is 1. The van der Waals surface area contributed by atoms with Gasteiger partial charge in [0.05, 0.1) is 12.7 Å². The molecule has 3 rings (SSSR count). The number of nitrogens with two attached hydrogens (primary N) is 1. The molecule has 2 aliphatic rings. The van der Waals surface area contributed by atoms with Crippen molar-refractivity contribution >= 4 is 0 Å². The Labute approximate surface area is 117 Å². The lowest BCUT2D eigenvalue weighted by molar-refractivity contribution is -0.0572. The monoisotopic (exact) mass is 282 g/mol. The molecule has 0 spiro atoms. The molecular formula is C15H20F2N2O. The zero-order valence-electron chi connectivity index (χ0n) is 11.4. The Morgan fingerprint density at radius 2 is 2.15 bits per heavy atom. The van der Waals surface area contributed by atoms with E-state index in [-0.39, 0.29) is 6.04 Å². The standard InChI is InChI=1S/C15H20F2N2O/c16-11-5-4-10(8-12(11)17)13(18)9-19-6-7-20-15-3-1-2-14(15)19/h4-5,8,13-15H,1-3,6-7,9,18H2. The van der Waals surface area contributed by atoms with E-state index >= 15 is 0 Å². The molecule has 1 saturated heterocycles. The smallest absolute Gasteiger partial charge is 0.159 e. The number of nitrogens with zero attached hydrogens (tertiary/aromatic N) is 1. The molecule has 2 N–H and O–H groups in total. The summed E-state index contributed by atoms with van der Waals surface area (Å²) in [5.74, 6) is -1.66. The molecule has 0 bridgehead atoms. The Bertz CT molecular complexity index is 483. The highest BCUT2D eigenvalue weighted by Crippen LogP contribution is 2.30. The maximum absolute atomic E-state index is 13.3. The average molecular weight is 282 g/mol. The van der Waals surface area contributed by atoms with Gasteiger partial charge in [-0.15, -0.1) is 0 Å². The Morgan fingerprint density at radius 3 is 2.95 bits per heavy atom. The van der Waals surface area contributed by atoms with Crippen LogP contribution in [0.4, 0.5) is 8.78 Å². The maximum Gasteiger partial charge on any atom is 0.159 e. The van der Waals surface area contributed by atoms with Crippen LogP contribution < -0.4 is 5.73 Å². The largest absolute Gasteiger partial charge is 0.375 e. The average Bonchev–Trinajstić information content (AvgIpc) is 2.91. The predicted octanol–water partition coefficient (Wildman–Crippen LogP) is 2.22. The molecule has 1 aromatic rings. The summed E-state index contributed by atoms with van der Waals surface area (Å²) in [6.07, 6.45) is 3.75. The molecule has 0 radical (unpaired) electrons. The molecule has 110 valence electrons. The minimum atomic E-state index is -0.835. The van der Waals surface area contributed by atoms with Gasteiger partial charge in [0.1, 0.15) is 0 Å². The molecule has 1 saturated carbocycles. The van der Waals surface area contributed by atoms with Gasteiger partial charge in [0.2, 0.25) is 0 Å². The number of hydrogen-bond donors (Lipinski definition) is 1. The van der Waals surface area contributed by atoms with Gasteiger partial charge < -0.3 is 10.5 Å². The highest BCUT2D eigenvalue weighted by molar-refractivity contribution is 5.21. The van der Waals surface area contributed by atoms with Crippen molar-refractivity contribution in [2.24, 2.45) is 5.73 Å². The number of hydrogen-bond acceptors (Lipinski definition) is 3. The summed E-state index contributed by atoms with van der Waals surface area (Å²) in [5, 5.41) is 0. The number of ether oxygens (including phenoxy) is 1. The number of morpholine rings is 1. The van der Waals surface area contributed by atoms with E-state index in [2.05, 4.69) is 4.90 Å². The summed E-state index contributed by atoms with van der Waals surface area (Å²) in [5.41, 5.74) is 6.80. The topological polar surface area (TPSA) is 38.5 Å². The van der Waals surface area contributed by atoms with Crippen LogP contribution >= 0.6 is 0 Å². The highest BCUT2D eigenvalue weighted by atomic mass is 19.2. The van der Waals surface area contributed by atoms with E-state index < -0.39 is 11.6 Å². The lowest BCUT2D eigenvalue weighted by Crippen LogP contribution is -2.50. The molecule has 1 aliphatic carbocycles. The molecule has 1 aromatic carbocycles. The lowest BCUT2D eigenvalue weighted by atomic mass is 10.0. The Balaban J connectivity index is 1.68. The Hall–Kier alpha value is -1.04. The molecule has 5 heteroatoms. The van der Waals surface area contributed by atoms with Crippen LogP contribution in [0.15, 0.2) is 18.2 Å². The molecule has 3 atom stereocenters. The van der Waals surface area contributed by atoms with Gasteiger partial charge in [-0.25, -0.2) is 8.78 Å². The number of rotatable bonds is 3. The molecule has 3 nitrogen and oxygen atoms in total. The molecular weight excluding hydrogens is 262 g/mol. The second-order valence-electron chi connectivity index (χ2n) is 5.68. The summed E-state index contributed by atoms with van der Waals surface area (Å²) < 4.78 is 32.0. The van der Waals surface area contributed by atoms with Gasteiger partial charge in [0.25, 0.3) is 0 Å². The molecule has 0 amide bonds. The first-order valence-electron chi connectivity index (χ1n) is 7.21. The molecule has 1 heterocycles. The fourth-order valence-corrected chi connectivity index (χ4v) is 3.33. The van der Waals surface area contributed by atoms with Crippen LogP contribution in [0, 0.1) is 11.6 Å². The first kappa shape index (κ1) is 13.9. The van der Waals surface area contributed by atoms with E-state index in [4.69, 9.17) is 10.5 Å². The maximum atomic E-state index is 13.3. The summed E-state index contributed by atoms with van der Waals surface area (Å²) in [6, 6.07) is 4.04. The van der Waals surface area contributed by atoms with Crippen molar-refractivity contribution in [1.29, 1.82) is 0 Å². The third-order valence-corrected chi connectivity index (χ3v) is 4.40. The van der Waals surface area contributed by atoms with Crippen molar-refractivity contribution in [2.75, 3.05) is 19.7 Å². The zero-order chi connectivity index (χ0) is 14.1. The first-order valence-corrected chi connectivity index (χ1v) is 7.21. The molecule has 20 heavy (non-hydrogen) atoms. The summed E-state index contributed by atoms with van der Waals surface area (Å²) in [6.45, 7) is 2.25. The van der Waals surface area contributed by atoms with Crippen LogP contribution in [0.25, 0.3) is 0 Å². The van der Waals surface area contributed by atoms with Gasteiger partial charge >= 0.3 is 0 Å². The van der Waals surface area contributed by atoms with Crippen molar-refractivity contribution in [3.8, 4) is 0 Å². The van der Waals surface area contributed by atoms with Crippen molar-refractivity contribution in [3.63, 3.8) is 0 Å². The second kappa shape index (κ2) is 5.76. The summed E-state index contributed by atoms with van der Waals surface area (Å²) in [4.78, 5) is 2.34. The molecule has 1 aliphatic heterocycles. The van der Waals surface area contributed by atoms with Crippen LogP contribution in [0.2, 0.25) is 0 Å². The van der Waals surface area contributed by atoms with Crippen LogP contribution in [0.3, 0.4) is 0 Å². The Kier molecular flexibility index (Phi) is 4.01. The van der Waals surface area contributed by atoms with E-state index in [9.17, 15) is 8.78 Å². The SMILES string of the molecule is NC(CN1CCOC2CCCC21)c1ccc(F)c(F)c1. The van der Waals surface area contributed by atoms with Crippen LogP contribution in [0.5, 0.6) is 0 Å². The van der Waals surface area contributed by atoms with Gasteiger partial charge in [-0.1, -0.05) is 6.07 Å². The van der Waals surface area contributed by atoms with Gasteiger partial charge in [-0.3, -0.25) is 4.90 Å². The van der Waals surface area contributed by atoms with Crippen LogP contribution in [-0.4, -0.2) is 36.7 Å². The second-order valence-corrected chi connectivity index (χ2v) is 5.68. The third-order valence-electron chi connectivity index (χ3n) is 4.40. The van der Waals surface area contributed by atoms with Crippen molar-refractivity contribution in [2.45, 2.75) is 37.5 Å². The van der Waals surface area contributed by atoms with Crippen LogP contribution in [0.1, 0.15) is 30.9 Å². The fourth-order valence-electron chi connectivity index (χ4n) is 3.33. The van der Waals surface area contributed by atoms with Gasteiger partial charge in [-0.05, 0) is 37.0 Å². The van der Waals surface area contributed by atoms with E-state index in [1.54, 1.807) is 6.07 Å². The van der Waals surface area contributed by atoms with Crippen LogP contribution in [-0.2, 0) is 4.74 Å². The molecule has 3 unspecified atom stereocenters. The minimum Gasteiger partial charge on any atom is -0.375 e. The van der Waals surface area contributed by atoms with Gasteiger partial charge in [0.15, 0.2) is 11.6 Å². The molecule has 0 aromatic heterocycles. The lowest BCUT2D eigenvalue weighted by Gasteiger charge is -2.39. The predicted molar refractivity (Wildman–Crippen MR) is 72.2 cm³/mol. The molecule has 2 fully saturated rings. The van der Waals surface area contributed by atoms with Crippen molar-refractivity contribution < 1.29 is 13.5 Å².